The zero-order valence-corrected chi connectivity index (χ0v) is 17.8. The fraction of sp³-hybridized carbons (Fsp3) is 0.0833. The Kier molecular flexibility index (Phi) is 5.00. The smallest absolute Gasteiger partial charge is 0.231 e. The van der Waals surface area contributed by atoms with Gasteiger partial charge in [0.25, 0.3) is 0 Å². The average molecular weight is 454 g/mol. The van der Waals surface area contributed by atoms with Crippen molar-refractivity contribution < 1.29 is 18.9 Å². The van der Waals surface area contributed by atoms with Crippen LogP contribution in [0.3, 0.4) is 0 Å². The maximum absolute atomic E-state index is 5.40. The van der Waals surface area contributed by atoms with Crippen molar-refractivity contribution in [3.8, 4) is 23.0 Å². The Hall–Kier alpha value is -4.86. The van der Waals surface area contributed by atoms with Gasteiger partial charge >= 0.3 is 0 Å². The van der Waals surface area contributed by atoms with E-state index in [-0.39, 0.29) is 13.6 Å². The first-order valence-corrected chi connectivity index (χ1v) is 10.5. The summed E-state index contributed by atoms with van der Waals surface area (Å²) in [5.41, 5.74) is 7.67. The molecule has 2 aliphatic heterocycles. The van der Waals surface area contributed by atoms with Crippen molar-refractivity contribution in [1.29, 1.82) is 0 Å². The minimum absolute atomic E-state index is 0.233. The average Bonchev–Trinajstić information content (AvgIpc) is 3.54. The van der Waals surface area contributed by atoms with Crippen LogP contribution in [0.2, 0.25) is 0 Å². The Labute approximate surface area is 193 Å². The fourth-order valence-corrected chi connectivity index (χ4v) is 3.59. The number of aromatic nitrogens is 2. The molecule has 0 aliphatic carbocycles. The SMILES string of the molecule is C(=NNc1nnc(NN=Cc2ccc3c(c2)OCO3)c2ccccc12)c1ccc2c(c1)OCO2. The maximum Gasteiger partial charge on any atom is 0.231 e. The van der Waals surface area contributed by atoms with Crippen molar-refractivity contribution in [2.45, 2.75) is 0 Å². The molecule has 1 aromatic heterocycles. The zero-order chi connectivity index (χ0) is 22.7. The number of fused-ring (bicyclic) bond motifs is 3. The predicted octanol–water partition coefficient (Wildman–Crippen LogP) is 3.98. The van der Waals surface area contributed by atoms with Crippen LogP contribution in [0.4, 0.5) is 11.6 Å². The summed E-state index contributed by atoms with van der Waals surface area (Å²) in [5, 5.41) is 18.9. The number of ether oxygens (including phenoxy) is 4. The largest absolute Gasteiger partial charge is 0.454 e. The summed E-state index contributed by atoms with van der Waals surface area (Å²) in [6.45, 7) is 0.466. The van der Waals surface area contributed by atoms with Gasteiger partial charge < -0.3 is 18.9 Å². The van der Waals surface area contributed by atoms with Gasteiger partial charge in [0.2, 0.25) is 13.6 Å². The third-order valence-electron chi connectivity index (χ3n) is 5.25. The second-order valence-corrected chi connectivity index (χ2v) is 7.41. The van der Waals surface area contributed by atoms with Crippen LogP contribution >= 0.6 is 0 Å². The van der Waals surface area contributed by atoms with Gasteiger partial charge in [-0.2, -0.15) is 10.2 Å². The number of hydrogen-bond acceptors (Lipinski definition) is 10. The van der Waals surface area contributed by atoms with Crippen LogP contribution in [0.5, 0.6) is 23.0 Å². The zero-order valence-electron chi connectivity index (χ0n) is 17.8. The molecule has 0 amide bonds. The Bertz CT molecular complexity index is 1330. The molecule has 0 atom stereocenters. The van der Waals surface area contributed by atoms with E-state index in [1.54, 1.807) is 12.4 Å². The third-order valence-corrected chi connectivity index (χ3v) is 5.25. The fourth-order valence-electron chi connectivity index (χ4n) is 3.59. The van der Waals surface area contributed by atoms with Gasteiger partial charge in [0.1, 0.15) is 0 Å². The van der Waals surface area contributed by atoms with Gasteiger partial charge in [0, 0.05) is 10.8 Å². The van der Waals surface area contributed by atoms with Gasteiger partial charge in [-0.3, -0.25) is 10.9 Å². The normalized spacial score (nSPS) is 13.8. The molecule has 2 aliphatic rings. The van der Waals surface area contributed by atoms with E-state index in [9.17, 15) is 0 Å². The molecule has 3 heterocycles. The van der Waals surface area contributed by atoms with Gasteiger partial charge in [-0.25, -0.2) is 0 Å². The summed E-state index contributed by atoms with van der Waals surface area (Å²) in [4.78, 5) is 0. The van der Waals surface area contributed by atoms with Crippen LogP contribution in [-0.4, -0.2) is 36.2 Å². The first-order chi connectivity index (χ1) is 16.8. The van der Waals surface area contributed by atoms with E-state index in [0.717, 1.165) is 33.4 Å². The second-order valence-electron chi connectivity index (χ2n) is 7.41. The molecule has 168 valence electrons. The minimum Gasteiger partial charge on any atom is -0.454 e. The van der Waals surface area contributed by atoms with Crippen molar-refractivity contribution in [2.24, 2.45) is 10.2 Å². The molecule has 0 spiro atoms. The van der Waals surface area contributed by atoms with Crippen molar-refractivity contribution in [1.82, 2.24) is 10.2 Å². The van der Waals surface area contributed by atoms with Gasteiger partial charge in [-0.15, -0.1) is 10.2 Å². The highest BCUT2D eigenvalue weighted by Gasteiger charge is 2.14. The molecule has 2 N–H and O–H groups in total. The van der Waals surface area contributed by atoms with Crippen LogP contribution in [0.15, 0.2) is 70.9 Å². The Morgan fingerprint density at radius 1 is 0.618 bits per heavy atom. The van der Waals surface area contributed by atoms with E-state index in [0.29, 0.717) is 23.1 Å². The minimum atomic E-state index is 0.233. The number of nitrogens with zero attached hydrogens (tertiary/aromatic N) is 4. The molecular formula is C24H18N6O4. The number of rotatable bonds is 6. The van der Waals surface area contributed by atoms with Gasteiger partial charge in [0.15, 0.2) is 34.6 Å². The number of hydrazone groups is 2. The molecule has 10 heteroatoms. The van der Waals surface area contributed by atoms with Gasteiger partial charge in [-0.05, 0) is 47.5 Å². The molecular weight excluding hydrogens is 436 g/mol. The van der Waals surface area contributed by atoms with Crippen molar-refractivity contribution >= 4 is 34.8 Å². The van der Waals surface area contributed by atoms with E-state index >= 15 is 0 Å². The molecule has 0 unspecified atom stereocenters. The summed E-state index contributed by atoms with van der Waals surface area (Å²) in [6.07, 6.45) is 3.36. The Balaban J connectivity index is 1.19. The number of benzene rings is 3. The van der Waals surface area contributed by atoms with Gasteiger partial charge in [-0.1, -0.05) is 24.3 Å². The first kappa shape index (κ1) is 19.8. The number of hydrogen-bond donors (Lipinski definition) is 2. The molecule has 0 bridgehead atoms. The quantitative estimate of drug-likeness (QED) is 0.332. The van der Waals surface area contributed by atoms with E-state index in [4.69, 9.17) is 18.9 Å². The highest BCUT2D eigenvalue weighted by atomic mass is 16.7. The van der Waals surface area contributed by atoms with E-state index in [1.165, 1.54) is 0 Å². The summed E-state index contributed by atoms with van der Waals surface area (Å²) in [6, 6.07) is 19.0. The summed E-state index contributed by atoms with van der Waals surface area (Å²) in [7, 11) is 0. The Morgan fingerprint density at radius 2 is 1.09 bits per heavy atom. The van der Waals surface area contributed by atoms with Crippen molar-refractivity contribution in [2.75, 3.05) is 24.4 Å². The van der Waals surface area contributed by atoms with Crippen LogP contribution in [0, 0.1) is 0 Å². The number of nitrogens with one attached hydrogen (secondary N) is 2. The van der Waals surface area contributed by atoms with Crippen LogP contribution < -0.4 is 29.8 Å². The lowest BCUT2D eigenvalue weighted by Gasteiger charge is -2.08. The van der Waals surface area contributed by atoms with E-state index in [2.05, 4.69) is 31.3 Å². The topological polar surface area (TPSA) is 111 Å². The molecule has 4 aromatic rings. The second kappa shape index (κ2) is 8.58. The van der Waals surface area contributed by atoms with Crippen LogP contribution in [0.25, 0.3) is 10.8 Å². The Morgan fingerprint density at radius 3 is 1.59 bits per heavy atom. The van der Waals surface area contributed by atoms with Crippen LogP contribution in [0.1, 0.15) is 11.1 Å². The van der Waals surface area contributed by atoms with Crippen LogP contribution in [-0.2, 0) is 0 Å². The monoisotopic (exact) mass is 454 g/mol. The molecule has 0 saturated heterocycles. The highest BCUT2D eigenvalue weighted by molar-refractivity contribution is 5.98. The molecule has 6 rings (SSSR count). The first-order valence-electron chi connectivity index (χ1n) is 10.5. The third kappa shape index (κ3) is 3.88. The van der Waals surface area contributed by atoms with Crippen molar-refractivity contribution in [3.05, 3.63) is 71.8 Å². The summed E-state index contributed by atoms with van der Waals surface area (Å²) < 4.78 is 21.5. The lowest BCUT2D eigenvalue weighted by atomic mass is 10.2. The molecule has 0 radical (unpaired) electrons. The molecule has 10 nitrogen and oxygen atoms in total. The number of anilines is 2. The van der Waals surface area contributed by atoms with E-state index in [1.807, 2.05) is 60.7 Å². The van der Waals surface area contributed by atoms with Crippen molar-refractivity contribution in [3.63, 3.8) is 0 Å². The maximum atomic E-state index is 5.40. The lowest BCUT2D eigenvalue weighted by molar-refractivity contribution is 0.173. The molecule has 34 heavy (non-hydrogen) atoms. The predicted molar refractivity (Wildman–Crippen MR) is 127 cm³/mol. The standard InChI is InChI=1S/C24H18N6O4/c1-2-4-18-17(3-1)23(27-25-11-15-5-7-19-21(9-15)33-13-31-19)29-30-24(18)28-26-12-16-6-8-20-22(10-16)34-14-32-20/h1-12H,13-14H2,(H,27,29)(H,28,30). The lowest BCUT2D eigenvalue weighted by Crippen LogP contribution is -2.01. The molecule has 0 fully saturated rings. The highest BCUT2D eigenvalue weighted by Crippen LogP contribution is 2.33. The van der Waals surface area contributed by atoms with Gasteiger partial charge in [0.05, 0.1) is 12.4 Å². The molecule has 0 saturated carbocycles. The van der Waals surface area contributed by atoms with E-state index < -0.39 is 0 Å². The summed E-state index contributed by atoms with van der Waals surface area (Å²) in [5.74, 6) is 3.91. The summed E-state index contributed by atoms with van der Waals surface area (Å²) >= 11 is 0. The molecule has 3 aromatic carbocycles.